The highest BCUT2D eigenvalue weighted by Crippen LogP contribution is 2.24. The molecule has 1 fully saturated rings. The van der Waals surface area contributed by atoms with E-state index in [4.69, 9.17) is 0 Å². The van der Waals surface area contributed by atoms with Crippen molar-refractivity contribution in [3.63, 3.8) is 0 Å². The summed E-state index contributed by atoms with van der Waals surface area (Å²) in [7, 11) is 0. The van der Waals surface area contributed by atoms with Gasteiger partial charge < -0.3 is 0 Å². The largest absolute Gasteiger partial charge is 0.298 e. The molecule has 1 heterocycles. The first kappa shape index (κ1) is 10.0. The molecule has 1 aliphatic rings. The van der Waals surface area contributed by atoms with Crippen LogP contribution in [0.3, 0.4) is 0 Å². The average molecular weight is 169 g/mol. The van der Waals surface area contributed by atoms with E-state index < -0.39 is 0 Å². The van der Waals surface area contributed by atoms with Gasteiger partial charge in [0.1, 0.15) is 0 Å². The predicted molar refractivity (Wildman–Crippen MR) is 54.3 cm³/mol. The van der Waals surface area contributed by atoms with Crippen LogP contribution in [0.5, 0.6) is 0 Å². The molecule has 0 amide bonds. The SMILES string of the molecule is CC(C)[C@@H]1CCCCN1C(C)C. The van der Waals surface area contributed by atoms with Crippen molar-refractivity contribution < 1.29 is 0 Å². The van der Waals surface area contributed by atoms with E-state index in [0.29, 0.717) is 0 Å². The van der Waals surface area contributed by atoms with E-state index in [1.54, 1.807) is 0 Å². The molecular formula is C11H23N. The molecule has 0 aromatic heterocycles. The lowest BCUT2D eigenvalue weighted by molar-refractivity contribution is 0.0808. The van der Waals surface area contributed by atoms with Gasteiger partial charge in [-0.15, -0.1) is 0 Å². The summed E-state index contributed by atoms with van der Waals surface area (Å²) in [6.07, 6.45) is 4.25. The fourth-order valence-electron chi connectivity index (χ4n) is 2.34. The second kappa shape index (κ2) is 4.27. The molecule has 0 aliphatic carbocycles. The van der Waals surface area contributed by atoms with Crippen LogP contribution in [0.25, 0.3) is 0 Å². The Balaban J connectivity index is 2.54. The van der Waals surface area contributed by atoms with Crippen molar-refractivity contribution in [2.45, 2.75) is 59.0 Å². The number of hydrogen-bond donors (Lipinski definition) is 0. The van der Waals surface area contributed by atoms with Gasteiger partial charge in [0.25, 0.3) is 0 Å². The van der Waals surface area contributed by atoms with Crippen LogP contribution < -0.4 is 0 Å². The van der Waals surface area contributed by atoms with Gasteiger partial charge in [-0.05, 0) is 39.2 Å². The number of piperidine rings is 1. The number of rotatable bonds is 2. The smallest absolute Gasteiger partial charge is 0.0121 e. The average Bonchev–Trinajstić information content (AvgIpc) is 2.04. The Kier molecular flexibility index (Phi) is 3.57. The summed E-state index contributed by atoms with van der Waals surface area (Å²) < 4.78 is 0. The van der Waals surface area contributed by atoms with Crippen molar-refractivity contribution in [1.29, 1.82) is 0 Å². The predicted octanol–water partition coefficient (Wildman–Crippen LogP) is 2.91. The summed E-state index contributed by atoms with van der Waals surface area (Å²) in [4.78, 5) is 2.67. The highest BCUT2D eigenvalue weighted by Gasteiger charge is 2.26. The van der Waals surface area contributed by atoms with E-state index in [9.17, 15) is 0 Å². The van der Waals surface area contributed by atoms with Crippen LogP contribution in [-0.2, 0) is 0 Å². The third-order valence-corrected chi connectivity index (χ3v) is 3.03. The van der Waals surface area contributed by atoms with Gasteiger partial charge in [0.15, 0.2) is 0 Å². The van der Waals surface area contributed by atoms with E-state index in [1.807, 2.05) is 0 Å². The second-order valence-electron chi connectivity index (χ2n) is 4.64. The van der Waals surface area contributed by atoms with Gasteiger partial charge in [-0.3, -0.25) is 4.90 Å². The Bertz CT molecular complexity index is 113. The van der Waals surface area contributed by atoms with Gasteiger partial charge in [-0.25, -0.2) is 0 Å². The fourth-order valence-corrected chi connectivity index (χ4v) is 2.34. The molecule has 0 aromatic rings. The maximum absolute atomic E-state index is 2.67. The molecule has 12 heavy (non-hydrogen) atoms. The maximum Gasteiger partial charge on any atom is 0.0121 e. The zero-order valence-electron chi connectivity index (χ0n) is 9.01. The molecule has 0 aromatic carbocycles. The van der Waals surface area contributed by atoms with Gasteiger partial charge in [0.2, 0.25) is 0 Å². The van der Waals surface area contributed by atoms with E-state index in [1.165, 1.54) is 25.8 Å². The molecule has 0 spiro atoms. The minimum absolute atomic E-state index is 0.734. The van der Waals surface area contributed by atoms with Crippen LogP contribution in [0, 0.1) is 5.92 Å². The topological polar surface area (TPSA) is 3.24 Å². The molecule has 0 saturated carbocycles. The summed E-state index contributed by atoms with van der Waals surface area (Å²) in [6.45, 7) is 10.7. The highest BCUT2D eigenvalue weighted by molar-refractivity contribution is 4.81. The van der Waals surface area contributed by atoms with Gasteiger partial charge >= 0.3 is 0 Å². The summed E-state index contributed by atoms with van der Waals surface area (Å²) in [6, 6.07) is 1.58. The molecule has 1 heteroatoms. The van der Waals surface area contributed by atoms with Crippen LogP contribution >= 0.6 is 0 Å². The molecule has 72 valence electrons. The third-order valence-electron chi connectivity index (χ3n) is 3.03. The minimum atomic E-state index is 0.734. The Morgan fingerprint density at radius 3 is 2.17 bits per heavy atom. The van der Waals surface area contributed by atoms with Crippen molar-refractivity contribution in [3.05, 3.63) is 0 Å². The Labute approximate surface area is 77.1 Å². The number of likely N-dealkylation sites (tertiary alicyclic amines) is 1. The lowest BCUT2D eigenvalue weighted by Crippen LogP contribution is -2.46. The normalized spacial score (nSPS) is 27.0. The number of hydrogen-bond acceptors (Lipinski definition) is 1. The van der Waals surface area contributed by atoms with Crippen LogP contribution in [0.1, 0.15) is 47.0 Å². The highest BCUT2D eigenvalue weighted by atomic mass is 15.2. The summed E-state index contributed by atoms with van der Waals surface area (Å²) in [5.74, 6) is 0.827. The van der Waals surface area contributed by atoms with Crippen molar-refractivity contribution in [3.8, 4) is 0 Å². The van der Waals surface area contributed by atoms with E-state index >= 15 is 0 Å². The lowest BCUT2D eigenvalue weighted by atomic mass is 9.92. The Morgan fingerprint density at radius 2 is 1.75 bits per heavy atom. The molecular weight excluding hydrogens is 146 g/mol. The molecule has 1 nitrogen and oxygen atoms in total. The van der Waals surface area contributed by atoms with Crippen molar-refractivity contribution in [1.82, 2.24) is 4.90 Å². The Morgan fingerprint density at radius 1 is 1.08 bits per heavy atom. The fraction of sp³-hybridized carbons (Fsp3) is 1.00. The van der Waals surface area contributed by atoms with Gasteiger partial charge in [-0.2, -0.15) is 0 Å². The van der Waals surface area contributed by atoms with Crippen molar-refractivity contribution >= 4 is 0 Å². The van der Waals surface area contributed by atoms with Gasteiger partial charge in [0.05, 0.1) is 0 Å². The molecule has 0 unspecified atom stereocenters. The van der Waals surface area contributed by atoms with E-state index in [2.05, 4.69) is 32.6 Å². The summed E-state index contributed by atoms with van der Waals surface area (Å²) in [5, 5.41) is 0. The molecule has 0 bridgehead atoms. The lowest BCUT2D eigenvalue weighted by Gasteiger charge is -2.40. The molecule has 1 atom stereocenters. The zero-order valence-corrected chi connectivity index (χ0v) is 9.01. The molecule has 1 aliphatic heterocycles. The minimum Gasteiger partial charge on any atom is -0.298 e. The van der Waals surface area contributed by atoms with Gasteiger partial charge in [0, 0.05) is 12.1 Å². The van der Waals surface area contributed by atoms with E-state index in [0.717, 1.165) is 18.0 Å². The first-order valence-corrected chi connectivity index (χ1v) is 5.38. The molecule has 0 N–H and O–H groups in total. The third kappa shape index (κ3) is 2.22. The summed E-state index contributed by atoms with van der Waals surface area (Å²) >= 11 is 0. The van der Waals surface area contributed by atoms with Crippen LogP contribution in [0.15, 0.2) is 0 Å². The zero-order chi connectivity index (χ0) is 9.14. The monoisotopic (exact) mass is 169 g/mol. The molecule has 1 saturated heterocycles. The Hall–Kier alpha value is -0.0400. The first-order chi connectivity index (χ1) is 5.63. The molecule has 0 radical (unpaired) electrons. The van der Waals surface area contributed by atoms with Crippen molar-refractivity contribution in [2.75, 3.05) is 6.54 Å². The first-order valence-electron chi connectivity index (χ1n) is 5.38. The van der Waals surface area contributed by atoms with Gasteiger partial charge in [-0.1, -0.05) is 20.3 Å². The molecule has 1 rings (SSSR count). The quantitative estimate of drug-likeness (QED) is 0.614. The number of nitrogens with zero attached hydrogens (tertiary/aromatic N) is 1. The standard InChI is InChI=1S/C11H23N/c1-9(2)11-7-5-6-8-12(11)10(3)4/h9-11H,5-8H2,1-4H3/t11-/m0/s1. The van der Waals surface area contributed by atoms with Crippen LogP contribution in [0.2, 0.25) is 0 Å². The summed E-state index contributed by atoms with van der Waals surface area (Å²) in [5.41, 5.74) is 0. The van der Waals surface area contributed by atoms with Crippen LogP contribution in [0.4, 0.5) is 0 Å². The maximum atomic E-state index is 2.67. The van der Waals surface area contributed by atoms with Crippen LogP contribution in [-0.4, -0.2) is 23.5 Å². The second-order valence-corrected chi connectivity index (χ2v) is 4.64. The van der Waals surface area contributed by atoms with Crippen molar-refractivity contribution in [2.24, 2.45) is 5.92 Å². The van der Waals surface area contributed by atoms with E-state index in [-0.39, 0.29) is 0 Å².